The van der Waals surface area contributed by atoms with Gasteiger partial charge in [0.05, 0.1) is 6.07 Å². The first-order valence-corrected chi connectivity index (χ1v) is 5.17. The predicted molar refractivity (Wildman–Crippen MR) is 60.2 cm³/mol. The zero-order valence-electron chi connectivity index (χ0n) is 8.13. The fraction of sp³-hybridized carbons (Fsp3) is 0.273. The smallest absolute Gasteiger partial charge is 0.166 e. The molecular formula is C11H9Cl2NO. The van der Waals surface area contributed by atoms with Gasteiger partial charge in [0, 0.05) is 27.9 Å². The molecule has 1 aromatic rings. The highest BCUT2D eigenvalue weighted by Crippen LogP contribution is 2.21. The number of hydrogen-bond acceptors (Lipinski definition) is 2. The van der Waals surface area contributed by atoms with Crippen molar-refractivity contribution in [1.29, 1.82) is 5.26 Å². The molecule has 0 saturated carbocycles. The van der Waals surface area contributed by atoms with E-state index >= 15 is 0 Å². The van der Waals surface area contributed by atoms with Gasteiger partial charge in [-0.15, -0.1) is 0 Å². The number of hydrogen-bond donors (Lipinski definition) is 0. The Morgan fingerprint density at radius 2 is 1.93 bits per heavy atom. The van der Waals surface area contributed by atoms with Crippen LogP contribution in [0, 0.1) is 17.2 Å². The van der Waals surface area contributed by atoms with E-state index in [0.717, 1.165) is 0 Å². The summed E-state index contributed by atoms with van der Waals surface area (Å²) in [7, 11) is 0. The van der Waals surface area contributed by atoms with Crippen molar-refractivity contribution in [3.05, 3.63) is 33.8 Å². The van der Waals surface area contributed by atoms with E-state index in [1.165, 1.54) is 0 Å². The summed E-state index contributed by atoms with van der Waals surface area (Å²) in [5.74, 6) is -0.439. The molecule has 0 aromatic heterocycles. The van der Waals surface area contributed by atoms with E-state index in [0.29, 0.717) is 15.6 Å². The average Bonchev–Trinajstić information content (AvgIpc) is 2.15. The molecule has 0 N–H and O–H groups in total. The monoisotopic (exact) mass is 241 g/mol. The molecule has 1 unspecified atom stereocenters. The lowest BCUT2D eigenvalue weighted by Crippen LogP contribution is -2.10. The fourth-order valence-electron chi connectivity index (χ4n) is 1.21. The first-order valence-electron chi connectivity index (χ1n) is 4.42. The van der Waals surface area contributed by atoms with Crippen molar-refractivity contribution in [3.8, 4) is 6.07 Å². The number of rotatable bonds is 3. The molecule has 0 bridgehead atoms. The second-order valence-electron chi connectivity index (χ2n) is 3.29. The summed E-state index contributed by atoms with van der Waals surface area (Å²) in [6, 6.07) is 6.64. The molecule has 1 aromatic carbocycles. The molecule has 0 aliphatic carbocycles. The van der Waals surface area contributed by atoms with Crippen molar-refractivity contribution in [2.45, 2.75) is 13.3 Å². The molecule has 0 fully saturated rings. The number of nitriles is 1. The van der Waals surface area contributed by atoms with Crippen LogP contribution in [0.15, 0.2) is 18.2 Å². The minimum atomic E-state index is -0.329. The number of halogens is 2. The van der Waals surface area contributed by atoms with Crippen LogP contribution in [0.2, 0.25) is 10.0 Å². The molecule has 4 heteroatoms. The summed E-state index contributed by atoms with van der Waals surface area (Å²) in [5.41, 5.74) is 0.454. The molecule has 2 nitrogen and oxygen atoms in total. The van der Waals surface area contributed by atoms with Crippen molar-refractivity contribution in [2.75, 3.05) is 0 Å². The van der Waals surface area contributed by atoms with Gasteiger partial charge in [0.2, 0.25) is 0 Å². The number of carbonyl (C=O) groups is 1. The van der Waals surface area contributed by atoms with Crippen LogP contribution in [0.4, 0.5) is 0 Å². The van der Waals surface area contributed by atoms with Crippen LogP contribution in [0.3, 0.4) is 0 Å². The van der Waals surface area contributed by atoms with Crippen molar-refractivity contribution in [1.82, 2.24) is 0 Å². The summed E-state index contributed by atoms with van der Waals surface area (Å²) < 4.78 is 0. The van der Waals surface area contributed by atoms with Crippen molar-refractivity contribution >= 4 is 29.0 Å². The standard InChI is InChI=1S/C11H9Cl2NO/c1-7(2-3-14)11(15)8-4-9(12)6-10(13)5-8/h4-7H,2H2,1H3. The molecule has 0 aliphatic heterocycles. The van der Waals surface area contributed by atoms with Gasteiger partial charge < -0.3 is 0 Å². The quantitative estimate of drug-likeness (QED) is 0.757. The van der Waals surface area contributed by atoms with Crippen molar-refractivity contribution < 1.29 is 4.79 Å². The zero-order chi connectivity index (χ0) is 11.4. The van der Waals surface area contributed by atoms with Gasteiger partial charge in [0.1, 0.15) is 0 Å². The number of benzene rings is 1. The van der Waals surface area contributed by atoms with Crippen LogP contribution in [0.5, 0.6) is 0 Å². The van der Waals surface area contributed by atoms with Gasteiger partial charge in [-0.05, 0) is 18.2 Å². The summed E-state index contributed by atoms with van der Waals surface area (Å²) in [6.07, 6.45) is 0.197. The fourth-order valence-corrected chi connectivity index (χ4v) is 1.74. The molecule has 78 valence electrons. The van der Waals surface area contributed by atoms with Gasteiger partial charge in [0.15, 0.2) is 5.78 Å². The van der Waals surface area contributed by atoms with Gasteiger partial charge in [0.25, 0.3) is 0 Å². The van der Waals surface area contributed by atoms with Gasteiger partial charge >= 0.3 is 0 Å². The lowest BCUT2D eigenvalue weighted by Gasteiger charge is -2.06. The lowest BCUT2D eigenvalue weighted by molar-refractivity contribution is 0.0932. The molecule has 15 heavy (non-hydrogen) atoms. The molecule has 0 spiro atoms. The van der Waals surface area contributed by atoms with E-state index in [4.69, 9.17) is 28.5 Å². The number of ketones is 1. The highest BCUT2D eigenvalue weighted by molar-refractivity contribution is 6.35. The Kier molecular flexibility index (Phi) is 4.14. The van der Waals surface area contributed by atoms with Crippen LogP contribution < -0.4 is 0 Å². The third kappa shape index (κ3) is 3.23. The highest BCUT2D eigenvalue weighted by atomic mass is 35.5. The number of nitrogens with zero attached hydrogens (tertiary/aromatic N) is 1. The molecule has 1 rings (SSSR count). The zero-order valence-corrected chi connectivity index (χ0v) is 9.64. The number of carbonyl (C=O) groups excluding carboxylic acids is 1. The van der Waals surface area contributed by atoms with Gasteiger partial charge in [-0.25, -0.2) is 0 Å². The summed E-state index contributed by atoms with van der Waals surface area (Å²) in [5, 5.41) is 9.34. The predicted octanol–water partition coefficient (Wildman–Crippen LogP) is 3.73. The molecule has 0 heterocycles. The Balaban J connectivity index is 2.97. The average molecular weight is 242 g/mol. The molecule has 0 amide bonds. The molecule has 0 aliphatic rings. The second-order valence-corrected chi connectivity index (χ2v) is 4.16. The maximum atomic E-state index is 11.8. The Labute approximate surface area is 98.4 Å². The highest BCUT2D eigenvalue weighted by Gasteiger charge is 2.15. The summed E-state index contributed by atoms with van der Waals surface area (Å²) >= 11 is 11.5. The maximum Gasteiger partial charge on any atom is 0.166 e. The van der Waals surface area contributed by atoms with E-state index in [1.54, 1.807) is 25.1 Å². The summed E-state index contributed by atoms with van der Waals surface area (Å²) in [6.45, 7) is 1.71. The Morgan fingerprint density at radius 3 is 2.40 bits per heavy atom. The van der Waals surface area contributed by atoms with E-state index in [2.05, 4.69) is 0 Å². The largest absolute Gasteiger partial charge is 0.294 e. The lowest BCUT2D eigenvalue weighted by atomic mass is 9.97. The van der Waals surface area contributed by atoms with Crippen LogP contribution in [-0.2, 0) is 0 Å². The minimum absolute atomic E-state index is 0.110. The topological polar surface area (TPSA) is 40.9 Å². The third-order valence-corrected chi connectivity index (χ3v) is 2.43. The van der Waals surface area contributed by atoms with Crippen LogP contribution in [0.1, 0.15) is 23.7 Å². The number of Topliss-reactive ketones (excluding diaryl/α,β-unsaturated/α-hetero) is 1. The van der Waals surface area contributed by atoms with Gasteiger partial charge in [-0.1, -0.05) is 30.1 Å². The van der Waals surface area contributed by atoms with Crippen LogP contribution in [0.25, 0.3) is 0 Å². The van der Waals surface area contributed by atoms with Gasteiger partial charge in [-0.3, -0.25) is 4.79 Å². The SMILES string of the molecule is CC(CC#N)C(=O)c1cc(Cl)cc(Cl)c1. The van der Waals surface area contributed by atoms with E-state index < -0.39 is 0 Å². The minimum Gasteiger partial charge on any atom is -0.294 e. The Hall–Kier alpha value is -1.04. The molecule has 0 radical (unpaired) electrons. The Bertz CT molecular complexity index is 403. The second kappa shape index (κ2) is 5.16. The Morgan fingerprint density at radius 1 is 1.40 bits per heavy atom. The van der Waals surface area contributed by atoms with Crippen LogP contribution >= 0.6 is 23.2 Å². The third-order valence-electron chi connectivity index (χ3n) is 1.99. The van der Waals surface area contributed by atoms with E-state index in [1.807, 2.05) is 6.07 Å². The van der Waals surface area contributed by atoms with E-state index in [9.17, 15) is 4.79 Å². The molecular weight excluding hydrogens is 233 g/mol. The first kappa shape index (κ1) is 12.0. The van der Waals surface area contributed by atoms with E-state index in [-0.39, 0.29) is 18.1 Å². The first-order chi connectivity index (χ1) is 7.04. The van der Waals surface area contributed by atoms with Crippen molar-refractivity contribution in [2.24, 2.45) is 5.92 Å². The molecule has 1 atom stereocenters. The summed E-state index contributed by atoms with van der Waals surface area (Å²) in [4.78, 5) is 11.8. The van der Waals surface area contributed by atoms with Crippen molar-refractivity contribution in [3.63, 3.8) is 0 Å². The maximum absolute atomic E-state index is 11.8. The van der Waals surface area contributed by atoms with Gasteiger partial charge in [-0.2, -0.15) is 5.26 Å². The van der Waals surface area contributed by atoms with Crippen LogP contribution in [-0.4, -0.2) is 5.78 Å². The normalized spacial score (nSPS) is 11.9. The molecule has 0 saturated heterocycles.